The van der Waals surface area contributed by atoms with Crippen LogP contribution in [-0.4, -0.2) is 27.5 Å². The van der Waals surface area contributed by atoms with E-state index in [9.17, 15) is 4.79 Å². The quantitative estimate of drug-likeness (QED) is 0.199. The number of fused-ring (bicyclic) bond motifs is 1. The molecule has 0 bridgehead atoms. The van der Waals surface area contributed by atoms with Crippen LogP contribution in [0.15, 0.2) is 78.9 Å². The molecule has 1 atom stereocenters. The maximum atomic E-state index is 15.3. The van der Waals surface area contributed by atoms with Crippen LogP contribution >= 0.6 is 0 Å². The lowest BCUT2D eigenvalue weighted by atomic mass is 9.73. The SMILES string of the molecule is O=C(O)/C=C/c1ccc(/C(=C(\c2ccccc2)C2CCC2)c2ccc3c(c2)c(F)nn3C2CCCCO2)cc1. The second-order valence-electron chi connectivity index (χ2n) is 10.4. The molecular formula is C33H31FN2O3. The van der Waals surface area contributed by atoms with Gasteiger partial charge in [0.15, 0.2) is 6.23 Å². The molecule has 39 heavy (non-hydrogen) atoms. The first kappa shape index (κ1) is 25.3. The molecule has 1 saturated carbocycles. The number of carbonyl (C=O) groups is 1. The first-order valence-electron chi connectivity index (χ1n) is 13.7. The van der Waals surface area contributed by atoms with Gasteiger partial charge in [0.05, 0.1) is 10.9 Å². The second kappa shape index (κ2) is 11.0. The Bertz CT molecular complexity index is 1540. The van der Waals surface area contributed by atoms with Gasteiger partial charge in [0.2, 0.25) is 5.95 Å². The molecule has 198 valence electrons. The van der Waals surface area contributed by atoms with Crippen molar-refractivity contribution >= 4 is 34.1 Å². The molecule has 1 saturated heterocycles. The molecular weight excluding hydrogens is 491 g/mol. The molecule has 2 heterocycles. The molecule has 0 amide bonds. The number of nitrogens with zero attached hydrogens (tertiary/aromatic N) is 2. The van der Waals surface area contributed by atoms with Crippen molar-refractivity contribution in [3.8, 4) is 0 Å². The minimum atomic E-state index is -0.981. The molecule has 5 nitrogen and oxygen atoms in total. The van der Waals surface area contributed by atoms with E-state index in [2.05, 4.69) is 35.4 Å². The van der Waals surface area contributed by atoms with Crippen LogP contribution in [0.25, 0.3) is 28.1 Å². The van der Waals surface area contributed by atoms with Crippen molar-refractivity contribution in [2.75, 3.05) is 6.61 Å². The fourth-order valence-corrected chi connectivity index (χ4v) is 5.70. The Morgan fingerprint density at radius 3 is 2.36 bits per heavy atom. The molecule has 2 aliphatic rings. The van der Waals surface area contributed by atoms with E-state index in [-0.39, 0.29) is 6.23 Å². The third-order valence-corrected chi connectivity index (χ3v) is 7.86. The average Bonchev–Trinajstić information content (AvgIpc) is 3.28. The van der Waals surface area contributed by atoms with E-state index < -0.39 is 11.9 Å². The summed E-state index contributed by atoms with van der Waals surface area (Å²) in [5, 5.41) is 13.8. The zero-order chi connectivity index (χ0) is 26.8. The topological polar surface area (TPSA) is 64.3 Å². The highest BCUT2D eigenvalue weighted by Crippen LogP contribution is 2.45. The van der Waals surface area contributed by atoms with Gasteiger partial charge in [-0.1, -0.05) is 67.1 Å². The zero-order valence-corrected chi connectivity index (χ0v) is 21.7. The number of hydrogen-bond acceptors (Lipinski definition) is 3. The van der Waals surface area contributed by atoms with E-state index in [1.165, 1.54) is 17.6 Å². The zero-order valence-electron chi connectivity index (χ0n) is 21.7. The van der Waals surface area contributed by atoms with E-state index in [1.807, 2.05) is 42.5 Å². The monoisotopic (exact) mass is 522 g/mol. The van der Waals surface area contributed by atoms with E-state index in [0.29, 0.717) is 17.9 Å². The third-order valence-electron chi connectivity index (χ3n) is 7.86. The Morgan fingerprint density at radius 1 is 0.923 bits per heavy atom. The normalized spacial score (nSPS) is 18.7. The summed E-state index contributed by atoms with van der Waals surface area (Å²) >= 11 is 0. The van der Waals surface area contributed by atoms with Crippen LogP contribution < -0.4 is 0 Å². The summed E-state index contributed by atoms with van der Waals surface area (Å²) in [4.78, 5) is 11.0. The lowest BCUT2D eigenvalue weighted by Crippen LogP contribution is -2.19. The van der Waals surface area contributed by atoms with Crippen molar-refractivity contribution < 1.29 is 19.0 Å². The molecule has 0 radical (unpaired) electrons. The van der Waals surface area contributed by atoms with Gasteiger partial charge in [-0.15, -0.1) is 5.10 Å². The summed E-state index contributed by atoms with van der Waals surface area (Å²) in [5.41, 5.74) is 6.99. The summed E-state index contributed by atoms with van der Waals surface area (Å²) in [6.45, 7) is 0.665. The maximum Gasteiger partial charge on any atom is 0.328 e. The Hall–Kier alpha value is -4.03. The fraction of sp³-hybridized carbons (Fsp3) is 0.273. The van der Waals surface area contributed by atoms with Crippen LogP contribution in [0.2, 0.25) is 0 Å². The van der Waals surface area contributed by atoms with Gasteiger partial charge in [-0.25, -0.2) is 9.48 Å². The molecule has 6 heteroatoms. The first-order chi connectivity index (χ1) is 19.1. The van der Waals surface area contributed by atoms with Gasteiger partial charge in [0, 0.05) is 12.7 Å². The lowest BCUT2D eigenvalue weighted by molar-refractivity contribution is -0.131. The van der Waals surface area contributed by atoms with Crippen LogP contribution in [0, 0.1) is 11.9 Å². The maximum absolute atomic E-state index is 15.3. The molecule has 1 N–H and O–H groups in total. The number of rotatable bonds is 7. The van der Waals surface area contributed by atoms with E-state index in [1.54, 1.807) is 10.8 Å². The van der Waals surface area contributed by atoms with Crippen LogP contribution in [0.4, 0.5) is 4.39 Å². The number of benzene rings is 3. The van der Waals surface area contributed by atoms with Crippen molar-refractivity contribution in [3.05, 3.63) is 107 Å². The second-order valence-corrected chi connectivity index (χ2v) is 10.4. The van der Waals surface area contributed by atoms with Crippen molar-refractivity contribution in [2.45, 2.75) is 44.8 Å². The van der Waals surface area contributed by atoms with Gasteiger partial charge < -0.3 is 9.84 Å². The van der Waals surface area contributed by atoms with E-state index >= 15 is 4.39 Å². The van der Waals surface area contributed by atoms with Crippen LogP contribution in [0.5, 0.6) is 0 Å². The number of aliphatic carboxylic acids is 1. The van der Waals surface area contributed by atoms with Gasteiger partial charge in [0.25, 0.3) is 0 Å². The van der Waals surface area contributed by atoms with Crippen molar-refractivity contribution in [1.82, 2.24) is 9.78 Å². The Kier molecular flexibility index (Phi) is 7.12. The lowest BCUT2D eigenvalue weighted by Gasteiger charge is -2.31. The predicted molar refractivity (Wildman–Crippen MR) is 151 cm³/mol. The number of ether oxygens (including phenoxy) is 1. The predicted octanol–water partition coefficient (Wildman–Crippen LogP) is 7.73. The number of allylic oxidation sites excluding steroid dienone is 1. The molecule has 3 aromatic carbocycles. The summed E-state index contributed by atoms with van der Waals surface area (Å²) in [6, 6.07) is 24.3. The van der Waals surface area contributed by atoms with Crippen molar-refractivity contribution in [2.24, 2.45) is 5.92 Å². The number of carboxylic acids is 1. The summed E-state index contributed by atoms with van der Waals surface area (Å²) in [6.07, 6.45) is 8.78. The van der Waals surface area contributed by atoms with Gasteiger partial charge in [-0.2, -0.15) is 4.39 Å². The Morgan fingerprint density at radius 2 is 1.69 bits per heavy atom. The molecule has 2 fully saturated rings. The highest BCUT2D eigenvalue weighted by atomic mass is 19.1. The third kappa shape index (κ3) is 5.17. The van der Waals surface area contributed by atoms with Crippen LogP contribution in [0.3, 0.4) is 0 Å². The minimum Gasteiger partial charge on any atom is -0.478 e. The number of aromatic nitrogens is 2. The number of carboxylic acid groups (broad SMARTS) is 1. The Labute approximate surface area is 227 Å². The largest absolute Gasteiger partial charge is 0.478 e. The summed E-state index contributed by atoms with van der Waals surface area (Å²) < 4.78 is 22.9. The molecule has 4 aromatic rings. The molecule has 6 rings (SSSR count). The van der Waals surface area contributed by atoms with Crippen LogP contribution in [0.1, 0.15) is 67.0 Å². The highest BCUT2D eigenvalue weighted by molar-refractivity contribution is 6.01. The first-order valence-corrected chi connectivity index (χ1v) is 13.7. The summed E-state index contributed by atoms with van der Waals surface area (Å²) in [7, 11) is 0. The fourth-order valence-electron chi connectivity index (χ4n) is 5.70. The van der Waals surface area contributed by atoms with Gasteiger partial charge in [0.1, 0.15) is 0 Å². The number of hydrogen-bond donors (Lipinski definition) is 1. The molecule has 1 unspecified atom stereocenters. The van der Waals surface area contributed by atoms with Gasteiger partial charge >= 0.3 is 5.97 Å². The highest BCUT2D eigenvalue weighted by Gasteiger charge is 2.28. The molecule has 1 aliphatic carbocycles. The van der Waals surface area contributed by atoms with E-state index in [4.69, 9.17) is 9.84 Å². The van der Waals surface area contributed by atoms with E-state index in [0.717, 1.165) is 66.0 Å². The smallest absolute Gasteiger partial charge is 0.328 e. The molecule has 1 aliphatic heterocycles. The standard InChI is InChI=1S/C33H31FN2O3/c34-33-27-21-26(17-18-28(27)36(35-33)29-11-4-5-20-39-29)32(25-15-12-22(13-16-25)14-19-30(37)38)31(24-9-6-10-24)23-7-2-1-3-8-23/h1-3,7-8,12-19,21,24,29H,4-6,9-11,20H2,(H,37,38)/b19-14+,32-31-. The summed E-state index contributed by atoms with van der Waals surface area (Å²) in [5.74, 6) is -1.06. The van der Waals surface area contributed by atoms with Gasteiger partial charge in [-0.05, 0) is 89.6 Å². The number of halogens is 1. The molecule has 0 spiro atoms. The molecule has 1 aromatic heterocycles. The van der Waals surface area contributed by atoms with Crippen molar-refractivity contribution in [1.29, 1.82) is 0 Å². The average molecular weight is 523 g/mol. The van der Waals surface area contributed by atoms with Gasteiger partial charge in [-0.3, -0.25) is 0 Å². The Balaban J connectivity index is 1.52. The minimum absolute atomic E-state index is 0.243. The van der Waals surface area contributed by atoms with Crippen LogP contribution in [-0.2, 0) is 9.53 Å². The van der Waals surface area contributed by atoms with Crippen molar-refractivity contribution in [3.63, 3.8) is 0 Å².